The molecule has 0 spiro atoms. The average Bonchev–Trinajstić information content (AvgIpc) is 1.68. The van der Waals surface area contributed by atoms with E-state index in [9.17, 15) is 19.2 Å². The number of carbonyl (C=O) groups excluding carboxylic acids is 1. The zero-order valence-electron chi connectivity index (χ0n) is 65.7. The van der Waals surface area contributed by atoms with E-state index in [1.807, 2.05) is 248 Å². The molecular weight excluding hydrogens is 1510 g/mol. The number of aryl methyl sites for hydroxylation is 1. The van der Waals surface area contributed by atoms with Gasteiger partial charge in [-0.2, -0.15) is 0 Å². The molecular formula is C97H85N10O13+. The first-order chi connectivity index (χ1) is 58.7. The Morgan fingerprint density at radius 1 is 0.467 bits per heavy atom. The number of carbonyl (C=O) groups is 2. The molecule has 0 bridgehead atoms. The van der Waals surface area contributed by atoms with Gasteiger partial charge in [-0.1, -0.05) is 152 Å². The molecule has 23 heteroatoms. The van der Waals surface area contributed by atoms with E-state index in [2.05, 4.69) is 59.3 Å². The Balaban J connectivity index is 0.000000127. The van der Waals surface area contributed by atoms with E-state index in [-0.39, 0.29) is 33.7 Å². The van der Waals surface area contributed by atoms with Crippen molar-refractivity contribution >= 4 is 45.5 Å². The van der Waals surface area contributed by atoms with E-state index < -0.39 is 5.97 Å². The first-order valence-electron chi connectivity index (χ1n) is 38.4. The number of nitrogen functional groups attached to an aromatic ring is 1. The fourth-order valence-corrected chi connectivity index (χ4v) is 11.8. The fraction of sp³-hybridized carbons (Fsp3) is 0.103. The first-order valence-corrected chi connectivity index (χ1v) is 38.4. The Morgan fingerprint density at radius 2 is 0.858 bits per heavy atom. The minimum Gasteiger partial charge on any atom is -0.489 e. The SMILES string of the molecule is CN1CCc2oc(-c3ccc(OCc4ccccc4)cc3)nc2C1.C[n+]1ccc2oc(-c3ccc(OCc4ccccc4)cc3)nc2c1.Nc1c[nH]ccc1=O.O=C(Nc1c[nH]ccc1=O)c1ccc(OCc2ccccc2)cc1.O=C(O)c1ccc(OCc2ccccc2)cc1.c1ccc(COc2ccc(-c3nc4cnccc4o3)cc2)cc1. The molecule has 7 aromatic heterocycles. The van der Waals surface area contributed by atoms with Crippen LogP contribution in [0.15, 0.2) is 370 Å². The molecule has 8 heterocycles. The standard InChI is InChI=1S/C20H20N2O2.C20H17N2O2.C19H16N2O3.C19H14N2O2.C14H12O3.C5H6N2O/c2*1-22-12-11-19-18(13-22)21-20(24-19)16-7-9-17(10-8-16)23-14-15-5-3-2-4-6-15;22-18-10-11-20-12-17(18)21-19(23)15-6-8-16(9-7-15)24-13-14-4-2-1-3-5-14;1-2-4-14(5-3-1)13-22-16-8-6-15(7-9-16)19-21-17-12-20-11-10-18(17)23-19;15-14(16)12-6-8-13(9-7-12)17-10-11-4-2-1-3-5-11;6-4-3-7-2-1-5(4)8/h2-10H,11-14H2,1H3;2-13H,14H2,1H3;1-12H,13H2,(H,20,22)(H,21,23);1-12H,13H2;1-9H,10H2,(H,15,16);1-3H,6H2,(H,7,8)/q;+1;;;;. The summed E-state index contributed by atoms with van der Waals surface area (Å²) in [5, 5.41) is 11.3. The van der Waals surface area contributed by atoms with E-state index in [1.165, 1.54) is 42.9 Å². The van der Waals surface area contributed by atoms with E-state index >= 15 is 0 Å². The van der Waals surface area contributed by atoms with Crippen LogP contribution >= 0.6 is 0 Å². The van der Waals surface area contributed by atoms with Crippen molar-refractivity contribution in [2.75, 3.05) is 24.6 Å². The topological polar surface area (TPSA) is 302 Å². The number of hydrogen-bond donors (Lipinski definition) is 5. The number of H-pyrrole nitrogens is 2. The van der Waals surface area contributed by atoms with E-state index in [1.54, 1.807) is 55.0 Å². The van der Waals surface area contributed by atoms with Crippen LogP contribution in [0.25, 0.3) is 56.6 Å². The number of rotatable bonds is 21. The number of nitrogens with one attached hydrogen (secondary N) is 3. The second-order valence-electron chi connectivity index (χ2n) is 27.3. The van der Waals surface area contributed by atoms with E-state index in [4.69, 9.17) is 47.8 Å². The van der Waals surface area contributed by atoms with Crippen LogP contribution in [0.5, 0.6) is 28.7 Å². The Bertz CT molecular complexity index is 6150. The Morgan fingerprint density at radius 3 is 1.26 bits per heavy atom. The van der Waals surface area contributed by atoms with Crippen LogP contribution in [0.2, 0.25) is 0 Å². The number of nitrogens with two attached hydrogens (primary N) is 1. The highest BCUT2D eigenvalue weighted by molar-refractivity contribution is 6.04. The molecule has 6 N–H and O–H groups in total. The Kier molecular flexibility index (Phi) is 28.8. The molecule has 0 atom stereocenters. The normalized spacial score (nSPS) is 11.2. The second kappa shape index (κ2) is 42.0. The van der Waals surface area contributed by atoms with Gasteiger partial charge in [-0.25, -0.2) is 24.3 Å². The van der Waals surface area contributed by atoms with Crippen LogP contribution in [0, 0.1) is 0 Å². The number of carboxylic acid groups (broad SMARTS) is 1. The van der Waals surface area contributed by atoms with Crippen LogP contribution < -0.4 is 50.2 Å². The average molecular weight is 1600 g/mol. The van der Waals surface area contributed by atoms with Crippen molar-refractivity contribution in [3.63, 3.8) is 0 Å². The van der Waals surface area contributed by atoms with Gasteiger partial charge in [0.1, 0.15) is 85.8 Å². The molecule has 1 amide bonds. The van der Waals surface area contributed by atoms with Crippen molar-refractivity contribution < 1.29 is 56.2 Å². The molecule has 17 aromatic rings. The minimum absolute atomic E-state index is 0.135. The summed E-state index contributed by atoms with van der Waals surface area (Å²) in [5.74, 6) is 5.47. The van der Waals surface area contributed by atoms with Gasteiger partial charge in [-0.15, -0.1) is 0 Å². The summed E-state index contributed by atoms with van der Waals surface area (Å²) in [5.41, 5.74) is 18.6. The lowest BCUT2D eigenvalue weighted by atomic mass is 10.2. The summed E-state index contributed by atoms with van der Waals surface area (Å²) < 4.78 is 48.0. The van der Waals surface area contributed by atoms with Crippen molar-refractivity contribution in [1.29, 1.82) is 0 Å². The molecule has 1 aliphatic rings. The summed E-state index contributed by atoms with van der Waals surface area (Å²) >= 11 is 0. The van der Waals surface area contributed by atoms with Crippen LogP contribution in [0.1, 0.15) is 60.0 Å². The van der Waals surface area contributed by atoms with Gasteiger partial charge in [0.2, 0.25) is 28.5 Å². The smallest absolute Gasteiger partial charge is 0.335 e. The molecule has 0 saturated carbocycles. The molecule has 0 aliphatic carbocycles. The van der Waals surface area contributed by atoms with Crippen molar-refractivity contribution in [3.05, 3.63) is 418 Å². The molecule has 10 aromatic carbocycles. The van der Waals surface area contributed by atoms with Crippen LogP contribution in [0.3, 0.4) is 0 Å². The first kappa shape index (κ1) is 82.2. The number of amides is 1. The molecule has 0 fully saturated rings. The van der Waals surface area contributed by atoms with Crippen LogP contribution in [0.4, 0.5) is 11.4 Å². The minimum atomic E-state index is -0.931. The number of nitrogens with zero attached hydrogens (tertiary/aromatic N) is 6. The number of pyridine rings is 4. The predicted molar refractivity (Wildman–Crippen MR) is 460 cm³/mol. The molecule has 0 saturated heterocycles. The van der Waals surface area contributed by atoms with Crippen molar-refractivity contribution in [2.45, 2.75) is 46.0 Å². The molecule has 23 nitrogen and oxygen atoms in total. The van der Waals surface area contributed by atoms with Gasteiger partial charge >= 0.3 is 5.97 Å². The molecule has 600 valence electrons. The lowest BCUT2D eigenvalue weighted by Crippen LogP contribution is -2.25. The van der Waals surface area contributed by atoms with Crippen LogP contribution in [-0.2, 0) is 53.0 Å². The predicted octanol–water partition coefficient (Wildman–Crippen LogP) is 18.4. The maximum absolute atomic E-state index is 12.2. The van der Waals surface area contributed by atoms with Gasteiger partial charge in [0.25, 0.3) is 5.91 Å². The highest BCUT2D eigenvalue weighted by Crippen LogP contribution is 2.31. The number of carboxylic acids is 1. The second-order valence-corrected chi connectivity index (χ2v) is 27.3. The fourth-order valence-electron chi connectivity index (χ4n) is 11.8. The summed E-state index contributed by atoms with van der Waals surface area (Å²) in [4.78, 5) is 70.2. The third-order valence-electron chi connectivity index (χ3n) is 18.3. The molecule has 18 rings (SSSR count). The number of benzene rings is 10. The van der Waals surface area contributed by atoms with Gasteiger partial charge in [-0.05, 0) is 156 Å². The number of ether oxygens (including phenoxy) is 5. The number of hydrogen-bond acceptors (Lipinski definition) is 18. The quantitative estimate of drug-likeness (QED) is 0.0418. The van der Waals surface area contributed by atoms with Gasteiger partial charge in [0, 0.05) is 97.0 Å². The van der Waals surface area contributed by atoms with Gasteiger partial charge in [0.15, 0.2) is 29.1 Å². The highest BCUT2D eigenvalue weighted by Gasteiger charge is 2.21. The van der Waals surface area contributed by atoms with Crippen molar-refractivity contribution in [3.8, 4) is 63.1 Å². The number of anilines is 2. The summed E-state index contributed by atoms with van der Waals surface area (Å²) in [6, 6.07) is 93.1. The van der Waals surface area contributed by atoms with Crippen LogP contribution in [-0.4, -0.2) is 65.4 Å². The summed E-state index contributed by atoms with van der Waals surface area (Å²) in [6.45, 7) is 4.50. The zero-order valence-corrected chi connectivity index (χ0v) is 65.7. The lowest BCUT2D eigenvalue weighted by molar-refractivity contribution is -0.670. The van der Waals surface area contributed by atoms with Gasteiger partial charge < -0.3 is 63.1 Å². The molecule has 1 aliphatic heterocycles. The number of aromatic nitrogens is 7. The van der Waals surface area contributed by atoms with Gasteiger partial charge in [-0.3, -0.25) is 24.3 Å². The highest BCUT2D eigenvalue weighted by atomic mass is 16.5. The molecule has 120 heavy (non-hydrogen) atoms. The van der Waals surface area contributed by atoms with Crippen molar-refractivity contribution in [1.82, 2.24) is 34.8 Å². The zero-order chi connectivity index (χ0) is 83.0. The van der Waals surface area contributed by atoms with Crippen molar-refractivity contribution in [2.24, 2.45) is 7.05 Å². The number of fused-ring (bicyclic) bond motifs is 3. The third-order valence-corrected chi connectivity index (χ3v) is 18.3. The Labute approximate surface area is 691 Å². The Hall–Kier alpha value is -15.8. The number of likely N-dealkylation sites (N-methyl/N-ethyl adjacent to an activating group) is 1. The maximum Gasteiger partial charge on any atom is 0.335 e. The number of aromatic carboxylic acids is 1. The summed E-state index contributed by atoms with van der Waals surface area (Å²) in [6.07, 6.45) is 14.2. The lowest BCUT2D eigenvalue weighted by Gasteiger charge is -2.19. The van der Waals surface area contributed by atoms with Gasteiger partial charge in [0.05, 0.1) is 23.1 Å². The maximum atomic E-state index is 12.2. The van der Waals surface area contributed by atoms with E-state index in [0.29, 0.717) is 67.8 Å². The largest absolute Gasteiger partial charge is 0.489 e. The van der Waals surface area contributed by atoms with E-state index in [0.717, 1.165) is 115 Å². The molecule has 0 unspecified atom stereocenters. The molecule has 0 radical (unpaired) electrons. The third kappa shape index (κ3) is 24.6. The number of oxazole rings is 3. The monoisotopic (exact) mass is 1600 g/mol. The number of aromatic amines is 2. The summed E-state index contributed by atoms with van der Waals surface area (Å²) in [7, 11) is 4.07.